The minimum atomic E-state index is -4.40. The molecule has 1 aromatic rings. The molecule has 3 rings (SSSR count). The number of anilines is 1. The first-order chi connectivity index (χ1) is 9.99. The molecule has 0 saturated carbocycles. The topological polar surface area (TPSA) is 55.0 Å². The lowest BCUT2D eigenvalue weighted by Crippen LogP contribution is -2.37. The van der Waals surface area contributed by atoms with Gasteiger partial charge >= 0.3 is 6.18 Å². The zero-order valence-corrected chi connectivity index (χ0v) is 11.8. The van der Waals surface area contributed by atoms with Crippen molar-refractivity contribution >= 4 is 5.95 Å². The van der Waals surface area contributed by atoms with Crippen LogP contribution in [0.15, 0.2) is 0 Å². The summed E-state index contributed by atoms with van der Waals surface area (Å²) < 4.78 is 39.5. The van der Waals surface area contributed by atoms with Gasteiger partial charge in [0.15, 0.2) is 5.69 Å². The summed E-state index contributed by atoms with van der Waals surface area (Å²) in [6, 6.07) is 0. The van der Waals surface area contributed by atoms with Gasteiger partial charge in [0.05, 0.1) is 0 Å². The molecule has 0 aromatic carbocycles. The Hall–Kier alpha value is -1.37. The van der Waals surface area contributed by atoms with Gasteiger partial charge in [-0.25, -0.2) is 9.97 Å². The van der Waals surface area contributed by atoms with Crippen molar-refractivity contribution in [2.24, 2.45) is 11.7 Å². The lowest BCUT2D eigenvalue weighted by atomic mass is 9.97. The van der Waals surface area contributed by atoms with Gasteiger partial charge in [0, 0.05) is 24.3 Å². The minimum absolute atomic E-state index is 0.235. The van der Waals surface area contributed by atoms with Crippen LogP contribution >= 0.6 is 0 Å². The van der Waals surface area contributed by atoms with E-state index in [0.717, 1.165) is 19.3 Å². The summed E-state index contributed by atoms with van der Waals surface area (Å²) in [5.74, 6) is 0.691. The Balaban J connectivity index is 1.90. The molecule has 0 atom stereocenters. The highest BCUT2D eigenvalue weighted by molar-refractivity contribution is 5.40. The molecule has 0 amide bonds. The summed E-state index contributed by atoms with van der Waals surface area (Å²) in [6.45, 7) is 1.99. The number of alkyl halides is 3. The third kappa shape index (κ3) is 2.84. The highest BCUT2D eigenvalue weighted by Gasteiger charge is 2.39. The van der Waals surface area contributed by atoms with E-state index in [1.807, 2.05) is 4.90 Å². The van der Waals surface area contributed by atoms with Crippen LogP contribution in [-0.4, -0.2) is 29.6 Å². The Labute approximate surface area is 121 Å². The van der Waals surface area contributed by atoms with Crippen molar-refractivity contribution in [3.05, 3.63) is 17.0 Å². The van der Waals surface area contributed by atoms with E-state index in [1.54, 1.807) is 0 Å². The fourth-order valence-electron chi connectivity index (χ4n) is 3.16. The van der Waals surface area contributed by atoms with Crippen LogP contribution in [0.4, 0.5) is 19.1 Å². The average molecular weight is 300 g/mol. The van der Waals surface area contributed by atoms with Crippen LogP contribution in [0.3, 0.4) is 0 Å². The minimum Gasteiger partial charge on any atom is -0.341 e. The van der Waals surface area contributed by atoms with Crippen molar-refractivity contribution in [1.29, 1.82) is 0 Å². The van der Waals surface area contributed by atoms with Gasteiger partial charge in [-0.2, -0.15) is 13.2 Å². The maximum Gasteiger partial charge on any atom is 0.433 e. The van der Waals surface area contributed by atoms with Crippen molar-refractivity contribution < 1.29 is 13.2 Å². The van der Waals surface area contributed by atoms with Crippen molar-refractivity contribution in [3.63, 3.8) is 0 Å². The summed E-state index contributed by atoms with van der Waals surface area (Å²) in [7, 11) is 0. The fraction of sp³-hybridized carbons (Fsp3) is 0.714. The van der Waals surface area contributed by atoms with Crippen LogP contribution in [0.1, 0.15) is 36.2 Å². The number of aryl methyl sites for hydroxylation is 1. The quantitative estimate of drug-likeness (QED) is 0.909. The van der Waals surface area contributed by atoms with E-state index in [2.05, 4.69) is 9.97 Å². The Kier molecular flexibility index (Phi) is 3.77. The second-order valence-corrected chi connectivity index (χ2v) is 5.81. The molecule has 1 aromatic heterocycles. The van der Waals surface area contributed by atoms with Crippen LogP contribution in [0.5, 0.6) is 0 Å². The molecule has 1 fully saturated rings. The van der Waals surface area contributed by atoms with Gasteiger partial charge in [-0.15, -0.1) is 0 Å². The van der Waals surface area contributed by atoms with Gasteiger partial charge in [-0.1, -0.05) is 0 Å². The van der Waals surface area contributed by atoms with Crippen molar-refractivity contribution in [2.75, 3.05) is 24.5 Å². The lowest BCUT2D eigenvalue weighted by molar-refractivity contribution is -0.141. The Bertz CT molecular complexity index is 522. The molecule has 7 heteroatoms. The number of aromatic nitrogens is 2. The fourth-order valence-corrected chi connectivity index (χ4v) is 3.16. The second kappa shape index (κ2) is 5.44. The van der Waals surface area contributed by atoms with Crippen LogP contribution in [-0.2, 0) is 19.0 Å². The third-order valence-electron chi connectivity index (χ3n) is 4.42. The SMILES string of the molecule is NCC1CCN(c2nc3c(c(C(F)(F)F)n2)CCC3)CC1. The zero-order chi connectivity index (χ0) is 15.0. The Morgan fingerprint density at radius 3 is 2.48 bits per heavy atom. The summed E-state index contributed by atoms with van der Waals surface area (Å²) in [5, 5.41) is 0. The molecule has 4 nitrogen and oxygen atoms in total. The Morgan fingerprint density at radius 1 is 1.14 bits per heavy atom. The van der Waals surface area contributed by atoms with Crippen molar-refractivity contribution in [2.45, 2.75) is 38.3 Å². The summed E-state index contributed by atoms with van der Waals surface area (Å²) >= 11 is 0. The molecule has 1 aliphatic carbocycles. The number of fused-ring (bicyclic) bond motifs is 1. The molecule has 0 bridgehead atoms. The number of nitrogens with two attached hydrogens (primary N) is 1. The van der Waals surface area contributed by atoms with Gasteiger partial charge in [0.25, 0.3) is 0 Å². The van der Waals surface area contributed by atoms with Crippen LogP contribution in [0.25, 0.3) is 0 Å². The van der Waals surface area contributed by atoms with E-state index < -0.39 is 11.9 Å². The van der Waals surface area contributed by atoms with Crippen LogP contribution < -0.4 is 10.6 Å². The summed E-state index contributed by atoms with van der Waals surface area (Å²) in [5.41, 5.74) is 5.78. The van der Waals surface area contributed by atoms with Gasteiger partial charge in [0.1, 0.15) is 0 Å². The molecule has 21 heavy (non-hydrogen) atoms. The molecule has 1 aliphatic heterocycles. The van der Waals surface area contributed by atoms with E-state index in [1.165, 1.54) is 0 Å². The number of halogens is 3. The molecule has 2 N–H and O–H groups in total. The maximum absolute atomic E-state index is 13.2. The highest BCUT2D eigenvalue weighted by atomic mass is 19.4. The third-order valence-corrected chi connectivity index (χ3v) is 4.42. The zero-order valence-electron chi connectivity index (χ0n) is 11.8. The monoisotopic (exact) mass is 300 g/mol. The van der Waals surface area contributed by atoms with E-state index >= 15 is 0 Å². The maximum atomic E-state index is 13.2. The van der Waals surface area contributed by atoms with E-state index in [-0.39, 0.29) is 5.95 Å². The molecular formula is C14H19F3N4. The first-order valence-electron chi connectivity index (χ1n) is 7.41. The first-order valence-corrected chi connectivity index (χ1v) is 7.41. The van der Waals surface area contributed by atoms with E-state index in [9.17, 15) is 13.2 Å². The van der Waals surface area contributed by atoms with E-state index in [4.69, 9.17) is 5.73 Å². The number of hydrogen-bond donors (Lipinski definition) is 1. The number of rotatable bonds is 2. The predicted molar refractivity (Wildman–Crippen MR) is 73.1 cm³/mol. The highest BCUT2D eigenvalue weighted by Crippen LogP contribution is 2.36. The molecule has 2 heterocycles. The Morgan fingerprint density at radius 2 is 1.86 bits per heavy atom. The van der Waals surface area contributed by atoms with Crippen LogP contribution in [0, 0.1) is 5.92 Å². The second-order valence-electron chi connectivity index (χ2n) is 5.81. The lowest BCUT2D eigenvalue weighted by Gasteiger charge is -2.32. The standard InChI is InChI=1S/C14H19F3N4/c15-14(16,17)12-10-2-1-3-11(10)19-13(20-12)21-6-4-9(8-18)5-7-21/h9H,1-8,18H2. The van der Waals surface area contributed by atoms with Gasteiger partial charge in [0.2, 0.25) is 5.95 Å². The first kappa shape index (κ1) is 14.6. The molecule has 116 valence electrons. The molecule has 1 saturated heterocycles. The normalized spacial score (nSPS) is 19.9. The largest absolute Gasteiger partial charge is 0.433 e. The predicted octanol–water partition coefficient (Wildman–Crippen LogP) is 2.16. The smallest absolute Gasteiger partial charge is 0.341 e. The average Bonchev–Trinajstić information content (AvgIpc) is 2.93. The molecular weight excluding hydrogens is 281 g/mol. The molecule has 2 aliphatic rings. The summed E-state index contributed by atoms with van der Waals surface area (Å²) in [4.78, 5) is 10.1. The van der Waals surface area contributed by atoms with Gasteiger partial charge in [-0.3, -0.25) is 0 Å². The van der Waals surface area contributed by atoms with Crippen molar-refractivity contribution in [3.8, 4) is 0 Å². The van der Waals surface area contributed by atoms with E-state index in [0.29, 0.717) is 49.7 Å². The summed E-state index contributed by atoms with van der Waals surface area (Å²) in [6.07, 6.45) is -0.850. The number of hydrogen-bond acceptors (Lipinski definition) is 4. The number of piperidine rings is 1. The molecule has 0 spiro atoms. The number of nitrogens with zero attached hydrogens (tertiary/aromatic N) is 3. The van der Waals surface area contributed by atoms with Crippen LogP contribution in [0.2, 0.25) is 0 Å². The molecule has 0 unspecified atom stereocenters. The van der Waals surface area contributed by atoms with Crippen molar-refractivity contribution in [1.82, 2.24) is 9.97 Å². The van der Waals surface area contributed by atoms with Gasteiger partial charge < -0.3 is 10.6 Å². The molecule has 0 radical (unpaired) electrons. The van der Waals surface area contributed by atoms with Gasteiger partial charge in [-0.05, 0) is 44.6 Å².